The van der Waals surface area contributed by atoms with Crippen LogP contribution in [0.2, 0.25) is 0 Å². The van der Waals surface area contributed by atoms with Crippen molar-refractivity contribution in [3.8, 4) is 33.6 Å². The summed E-state index contributed by atoms with van der Waals surface area (Å²) in [5.41, 5.74) is 15.2. The Labute approximate surface area is 376 Å². The van der Waals surface area contributed by atoms with E-state index in [1.54, 1.807) is 0 Å². The predicted molar refractivity (Wildman–Crippen MR) is 276 cm³/mol. The highest BCUT2D eigenvalue weighted by Gasteiger charge is 2.20. The van der Waals surface area contributed by atoms with E-state index in [2.05, 4.69) is 263 Å². The summed E-state index contributed by atoms with van der Waals surface area (Å²) in [6, 6.07) is 90.6. The maximum Gasteiger partial charge on any atom is 0.0562 e. The molecule has 65 heavy (non-hydrogen) atoms. The largest absolute Gasteiger partial charge is 0.311 e. The lowest BCUT2D eigenvalue weighted by molar-refractivity contribution is 1.16. The van der Waals surface area contributed by atoms with E-state index in [1.165, 1.54) is 87.4 Å². The van der Waals surface area contributed by atoms with Crippen molar-refractivity contribution in [2.45, 2.75) is 0 Å². The molecule has 0 radical (unpaired) electrons. The second kappa shape index (κ2) is 15.0. The molecule has 0 aliphatic carbocycles. The maximum atomic E-state index is 2.46. The van der Waals surface area contributed by atoms with Crippen LogP contribution in [0.1, 0.15) is 0 Å². The fourth-order valence-corrected chi connectivity index (χ4v) is 10.2. The van der Waals surface area contributed by atoms with Gasteiger partial charge in [-0.25, -0.2) is 0 Å². The number of fused-ring (bicyclic) bond motifs is 9. The second-order valence-corrected chi connectivity index (χ2v) is 17.0. The zero-order valence-electron chi connectivity index (χ0n) is 35.5. The highest BCUT2D eigenvalue weighted by atomic mass is 15.1. The van der Waals surface area contributed by atoms with E-state index >= 15 is 0 Å². The van der Waals surface area contributed by atoms with Crippen molar-refractivity contribution in [3.05, 3.63) is 249 Å². The summed E-state index contributed by atoms with van der Waals surface area (Å²) in [5, 5.41) is 10.1. The summed E-state index contributed by atoms with van der Waals surface area (Å²) in [4.78, 5) is 2.33. The molecule has 13 aromatic rings. The SMILES string of the molecule is c1ccc(N(c2ccc(-c3ccc(-n4c5cc6c(cc5c5c7ccccc7ccc54)c4ccccc4n6-c4ccccc4)cc3)cc2)c2ccc(-c3ccc4ccccc4c3)cc2)cc1. The first-order chi connectivity index (χ1) is 32.2. The highest BCUT2D eigenvalue weighted by Crippen LogP contribution is 2.43. The van der Waals surface area contributed by atoms with E-state index in [-0.39, 0.29) is 0 Å². The Morgan fingerprint density at radius 1 is 0.246 bits per heavy atom. The smallest absolute Gasteiger partial charge is 0.0562 e. The molecule has 0 amide bonds. The number of anilines is 3. The molecule has 0 bridgehead atoms. The Hall–Kier alpha value is -8.66. The monoisotopic (exact) mass is 827 g/mol. The first kappa shape index (κ1) is 36.9. The van der Waals surface area contributed by atoms with Crippen molar-refractivity contribution in [1.82, 2.24) is 9.13 Å². The molecule has 13 rings (SSSR count). The van der Waals surface area contributed by atoms with Gasteiger partial charge < -0.3 is 14.0 Å². The van der Waals surface area contributed by atoms with Gasteiger partial charge in [0.2, 0.25) is 0 Å². The highest BCUT2D eigenvalue weighted by molar-refractivity contribution is 6.25. The molecule has 2 aromatic heterocycles. The number of rotatable bonds is 7. The van der Waals surface area contributed by atoms with E-state index < -0.39 is 0 Å². The minimum Gasteiger partial charge on any atom is -0.311 e. The van der Waals surface area contributed by atoms with Crippen LogP contribution in [-0.4, -0.2) is 9.13 Å². The van der Waals surface area contributed by atoms with Crippen molar-refractivity contribution < 1.29 is 0 Å². The van der Waals surface area contributed by atoms with E-state index in [0.29, 0.717) is 0 Å². The molecular weight excluding hydrogens is 787 g/mol. The lowest BCUT2D eigenvalue weighted by Crippen LogP contribution is -2.09. The van der Waals surface area contributed by atoms with Gasteiger partial charge in [-0.05, 0) is 135 Å². The molecule has 0 aliphatic heterocycles. The number of para-hydroxylation sites is 3. The van der Waals surface area contributed by atoms with Crippen molar-refractivity contribution in [1.29, 1.82) is 0 Å². The van der Waals surface area contributed by atoms with Crippen LogP contribution in [0.15, 0.2) is 249 Å². The Morgan fingerprint density at radius 2 is 0.738 bits per heavy atom. The Kier molecular flexibility index (Phi) is 8.53. The number of aromatic nitrogens is 2. The van der Waals surface area contributed by atoms with E-state index in [1.807, 2.05) is 0 Å². The molecule has 0 atom stereocenters. The van der Waals surface area contributed by atoms with E-state index in [9.17, 15) is 0 Å². The molecule has 0 spiro atoms. The lowest BCUT2D eigenvalue weighted by Gasteiger charge is -2.26. The van der Waals surface area contributed by atoms with Crippen LogP contribution in [-0.2, 0) is 0 Å². The summed E-state index contributed by atoms with van der Waals surface area (Å²) < 4.78 is 4.87. The molecule has 0 fully saturated rings. The van der Waals surface area contributed by atoms with Crippen molar-refractivity contribution in [3.63, 3.8) is 0 Å². The molecule has 0 saturated carbocycles. The first-order valence-corrected chi connectivity index (χ1v) is 22.3. The summed E-state index contributed by atoms with van der Waals surface area (Å²) in [6.45, 7) is 0. The van der Waals surface area contributed by atoms with Gasteiger partial charge in [0.1, 0.15) is 0 Å². The summed E-state index contributed by atoms with van der Waals surface area (Å²) in [5.74, 6) is 0. The minimum absolute atomic E-state index is 1.10. The normalized spacial score (nSPS) is 11.7. The van der Waals surface area contributed by atoms with Crippen LogP contribution < -0.4 is 4.90 Å². The van der Waals surface area contributed by atoms with Gasteiger partial charge in [-0.2, -0.15) is 0 Å². The number of nitrogens with zero attached hydrogens (tertiary/aromatic N) is 3. The average Bonchev–Trinajstić information content (AvgIpc) is 3.89. The van der Waals surface area contributed by atoms with Gasteiger partial charge in [0, 0.05) is 50.0 Å². The van der Waals surface area contributed by atoms with Crippen molar-refractivity contribution in [2.24, 2.45) is 0 Å². The fraction of sp³-hybridized carbons (Fsp3) is 0. The fourth-order valence-electron chi connectivity index (χ4n) is 10.2. The standard InChI is InChI=1S/C62H41N3/c1-3-16-49(17-4-1)63(52-34-29-45(30-35-52)48-24-23-42-13-7-8-15-47(42)39-48)51-32-25-43(26-33-51)44-27-36-53(37-28-44)65-59-38-31-46-14-9-10-20-54(46)62(59)57-40-56-55-21-11-12-22-58(55)64(60(56)41-61(57)65)50-18-5-2-6-19-50/h1-41H. The molecule has 0 aliphatic rings. The molecule has 11 aromatic carbocycles. The Morgan fingerprint density at radius 3 is 1.46 bits per heavy atom. The molecule has 0 N–H and O–H groups in total. The molecule has 0 saturated heterocycles. The van der Waals surface area contributed by atoms with Crippen molar-refractivity contribution >= 4 is 82.2 Å². The molecule has 3 nitrogen and oxygen atoms in total. The van der Waals surface area contributed by atoms with E-state index in [0.717, 1.165) is 28.4 Å². The number of hydrogen-bond donors (Lipinski definition) is 0. The van der Waals surface area contributed by atoms with Crippen LogP contribution >= 0.6 is 0 Å². The van der Waals surface area contributed by atoms with Crippen LogP contribution in [0.3, 0.4) is 0 Å². The van der Waals surface area contributed by atoms with E-state index in [4.69, 9.17) is 0 Å². The maximum absolute atomic E-state index is 2.46. The molecular formula is C62H41N3. The molecule has 304 valence electrons. The van der Waals surface area contributed by atoms with Crippen LogP contribution in [0.25, 0.3) is 98.8 Å². The quantitative estimate of drug-likeness (QED) is 0.156. The number of hydrogen-bond acceptors (Lipinski definition) is 1. The van der Waals surface area contributed by atoms with Crippen molar-refractivity contribution in [2.75, 3.05) is 4.90 Å². The third kappa shape index (κ3) is 6.12. The zero-order chi connectivity index (χ0) is 42.8. The van der Waals surface area contributed by atoms with Gasteiger partial charge in [0.25, 0.3) is 0 Å². The van der Waals surface area contributed by atoms with Gasteiger partial charge in [-0.1, -0.05) is 158 Å². The molecule has 2 heterocycles. The van der Waals surface area contributed by atoms with Crippen LogP contribution in [0.4, 0.5) is 17.1 Å². The number of benzene rings is 11. The lowest BCUT2D eigenvalue weighted by atomic mass is 10.0. The molecule has 0 unspecified atom stereocenters. The Bertz CT molecular complexity index is 3900. The second-order valence-electron chi connectivity index (χ2n) is 17.0. The van der Waals surface area contributed by atoms with Gasteiger partial charge in [0.05, 0.1) is 22.1 Å². The van der Waals surface area contributed by atoms with Crippen LogP contribution in [0.5, 0.6) is 0 Å². The van der Waals surface area contributed by atoms with Gasteiger partial charge in [-0.15, -0.1) is 0 Å². The third-order valence-corrected chi connectivity index (χ3v) is 13.3. The van der Waals surface area contributed by atoms with Crippen LogP contribution in [0, 0.1) is 0 Å². The Balaban J connectivity index is 0.893. The molecule has 3 heteroatoms. The average molecular weight is 828 g/mol. The summed E-state index contributed by atoms with van der Waals surface area (Å²) in [6.07, 6.45) is 0. The topological polar surface area (TPSA) is 13.1 Å². The first-order valence-electron chi connectivity index (χ1n) is 22.3. The van der Waals surface area contributed by atoms with Gasteiger partial charge in [-0.3, -0.25) is 0 Å². The third-order valence-electron chi connectivity index (χ3n) is 13.3. The van der Waals surface area contributed by atoms with Gasteiger partial charge >= 0.3 is 0 Å². The van der Waals surface area contributed by atoms with Gasteiger partial charge in [0.15, 0.2) is 0 Å². The minimum atomic E-state index is 1.10. The zero-order valence-corrected chi connectivity index (χ0v) is 35.5. The predicted octanol–water partition coefficient (Wildman–Crippen LogP) is 17.0. The summed E-state index contributed by atoms with van der Waals surface area (Å²) in [7, 11) is 0. The summed E-state index contributed by atoms with van der Waals surface area (Å²) >= 11 is 0.